The molecule has 9 nitrogen and oxygen atoms in total. The molecule has 0 bridgehead atoms. The number of fused-ring (bicyclic) bond motifs is 3. The second-order valence-electron chi connectivity index (χ2n) is 12.7. The van der Waals surface area contributed by atoms with Crippen molar-refractivity contribution in [1.29, 1.82) is 0 Å². The van der Waals surface area contributed by atoms with Crippen LogP contribution in [0.5, 0.6) is 5.75 Å². The summed E-state index contributed by atoms with van der Waals surface area (Å²) >= 11 is 0. The van der Waals surface area contributed by atoms with Crippen molar-refractivity contribution in [3.05, 3.63) is 89.5 Å². The minimum absolute atomic E-state index is 0.0440. The molecule has 1 N–H and O–H groups in total. The smallest absolute Gasteiger partial charge is 0.407 e. The van der Waals surface area contributed by atoms with E-state index in [9.17, 15) is 4.79 Å². The highest BCUT2D eigenvalue weighted by molar-refractivity contribution is 5.79. The maximum atomic E-state index is 12.2. The molecule has 0 heterocycles. The number of rotatable bonds is 29. The highest BCUT2D eigenvalue weighted by atomic mass is 16.6. The van der Waals surface area contributed by atoms with Gasteiger partial charge < -0.3 is 38.5 Å². The molecule has 0 aliphatic heterocycles. The molecular weight excluding hydrogens is 646 g/mol. The van der Waals surface area contributed by atoms with E-state index < -0.39 is 6.09 Å². The van der Waals surface area contributed by atoms with E-state index in [-0.39, 0.29) is 5.92 Å². The number of unbranched alkanes of at least 4 members (excludes halogenated alkanes) is 6. The predicted octanol–water partition coefficient (Wildman–Crippen LogP) is 7.98. The number of nitrogens with one attached hydrogen (secondary N) is 1. The number of carbonyl (C=O) groups excluding carboxylic acids is 1. The topological polar surface area (TPSA) is 93.7 Å². The summed E-state index contributed by atoms with van der Waals surface area (Å²) in [6, 6.07) is 25.0. The maximum absolute atomic E-state index is 12.2. The Morgan fingerprint density at radius 2 is 1.06 bits per heavy atom. The van der Waals surface area contributed by atoms with E-state index in [4.69, 9.17) is 33.2 Å². The summed E-state index contributed by atoms with van der Waals surface area (Å²) in [6.07, 6.45) is 10.1. The molecule has 1 aliphatic rings. The van der Waals surface area contributed by atoms with E-state index >= 15 is 0 Å². The minimum atomic E-state index is -0.444. The first-order valence-corrected chi connectivity index (χ1v) is 19.0. The normalized spacial score (nSPS) is 12.1. The summed E-state index contributed by atoms with van der Waals surface area (Å²) < 4.78 is 39.1. The maximum Gasteiger partial charge on any atom is 0.407 e. The second-order valence-corrected chi connectivity index (χ2v) is 12.7. The van der Waals surface area contributed by atoms with Crippen molar-refractivity contribution < 1.29 is 38.0 Å². The quantitative estimate of drug-likeness (QED) is 0.0727. The van der Waals surface area contributed by atoms with Crippen LogP contribution >= 0.6 is 0 Å². The number of alkyl carbamates (subject to hydrolysis) is 1. The van der Waals surface area contributed by atoms with Crippen LogP contribution in [0.2, 0.25) is 0 Å². The Morgan fingerprint density at radius 3 is 1.63 bits per heavy atom. The molecule has 0 fully saturated rings. The van der Waals surface area contributed by atoms with E-state index in [0.717, 1.165) is 12.2 Å². The third kappa shape index (κ3) is 15.8. The Bertz CT molecular complexity index is 1310. The fourth-order valence-electron chi connectivity index (χ4n) is 6.11. The minimum Gasteiger partial charge on any atom is -0.491 e. The molecule has 1 amide bonds. The fourth-order valence-corrected chi connectivity index (χ4v) is 6.11. The highest BCUT2D eigenvalue weighted by Gasteiger charge is 2.28. The lowest BCUT2D eigenvalue weighted by Crippen LogP contribution is -2.29. The van der Waals surface area contributed by atoms with Crippen molar-refractivity contribution >= 4 is 6.09 Å². The standard InChI is InChI=1S/C42H59NO8/c1-2-3-4-5-6-7-8-13-35-18-20-36(21-19-35)50-33-32-49-31-30-48-29-28-47-27-26-46-25-24-45-23-22-43-42(44)51-34-41-39-16-11-9-14-37(39)38-15-10-12-17-40(38)41/h9-12,14-21,41H,2-8,13,22-34H2,1H3,(H,43,44). The van der Waals surface area contributed by atoms with Crippen LogP contribution in [0.3, 0.4) is 0 Å². The van der Waals surface area contributed by atoms with Crippen molar-refractivity contribution in [2.24, 2.45) is 0 Å². The molecule has 0 atom stereocenters. The van der Waals surface area contributed by atoms with Crippen LogP contribution in [0.1, 0.15) is 74.5 Å². The summed E-state index contributed by atoms with van der Waals surface area (Å²) in [7, 11) is 0. The lowest BCUT2D eigenvalue weighted by Gasteiger charge is -2.14. The third-order valence-corrected chi connectivity index (χ3v) is 8.84. The summed E-state index contributed by atoms with van der Waals surface area (Å²) in [6.45, 7) is 8.24. The molecule has 280 valence electrons. The zero-order valence-corrected chi connectivity index (χ0v) is 30.6. The van der Waals surface area contributed by atoms with Gasteiger partial charge in [-0.1, -0.05) is 106 Å². The van der Waals surface area contributed by atoms with Gasteiger partial charge in [0.2, 0.25) is 0 Å². The summed E-state index contributed by atoms with van der Waals surface area (Å²) in [5.41, 5.74) is 6.18. The number of ether oxygens (including phenoxy) is 7. The van der Waals surface area contributed by atoms with Crippen molar-refractivity contribution in [2.75, 3.05) is 85.8 Å². The Labute approximate surface area is 305 Å². The number of amides is 1. The van der Waals surface area contributed by atoms with E-state index in [1.807, 2.05) is 24.3 Å². The van der Waals surface area contributed by atoms with Crippen molar-refractivity contribution in [3.63, 3.8) is 0 Å². The lowest BCUT2D eigenvalue weighted by molar-refractivity contribution is -0.0124. The average Bonchev–Trinajstić information content (AvgIpc) is 3.48. The van der Waals surface area contributed by atoms with Gasteiger partial charge >= 0.3 is 6.09 Å². The van der Waals surface area contributed by atoms with Gasteiger partial charge in [-0.05, 0) is 52.8 Å². The molecule has 0 aromatic heterocycles. The number of benzene rings is 3. The van der Waals surface area contributed by atoms with Crippen LogP contribution < -0.4 is 10.1 Å². The summed E-state index contributed by atoms with van der Waals surface area (Å²) in [4.78, 5) is 12.2. The molecule has 4 rings (SSSR count). The zero-order chi connectivity index (χ0) is 35.6. The first kappa shape index (κ1) is 40.3. The Morgan fingerprint density at radius 1 is 0.569 bits per heavy atom. The van der Waals surface area contributed by atoms with Crippen LogP contribution in [0.15, 0.2) is 72.8 Å². The van der Waals surface area contributed by atoms with E-state index in [2.05, 4.69) is 60.8 Å². The van der Waals surface area contributed by atoms with Gasteiger partial charge in [-0.15, -0.1) is 0 Å². The number of hydrogen-bond donors (Lipinski definition) is 1. The van der Waals surface area contributed by atoms with Gasteiger partial charge in [0.1, 0.15) is 19.0 Å². The first-order valence-electron chi connectivity index (χ1n) is 19.0. The zero-order valence-electron chi connectivity index (χ0n) is 30.6. The van der Waals surface area contributed by atoms with Gasteiger partial charge in [-0.2, -0.15) is 0 Å². The number of hydrogen-bond acceptors (Lipinski definition) is 8. The van der Waals surface area contributed by atoms with Gasteiger partial charge in [-0.25, -0.2) is 4.79 Å². The predicted molar refractivity (Wildman–Crippen MR) is 201 cm³/mol. The monoisotopic (exact) mass is 705 g/mol. The number of carbonyl (C=O) groups is 1. The van der Waals surface area contributed by atoms with Crippen molar-refractivity contribution in [1.82, 2.24) is 5.32 Å². The van der Waals surface area contributed by atoms with E-state index in [1.54, 1.807) is 0 Å². The molecular formula is C42H59NO8. The SMILES string of the molecule is CCCCCCCCCc1ccc(OCCOCCOCCOCCOCCOCCNC(=O)OCC2c3ccccc3-c3ccccc32)cc1. The number of aryl methyl sites for hydroxylation is 1. The largest absolute Gasteiger partial charge is 0.491 e. The van der Waals surface area contributed by atoms with Crippen LogP contribution in [0, 0.1) is 0 Å². The van der Waals surface area contributed by atoms with Crippen LogP contribution in [-0.4, -0.2) is 91.9 Å². The lowest BCUT2D eigenvalue weighted by atomic mass is 9.98. The van der Waals surface area contributed by atoms with Gasteiger partial charge in [0, 0.05) is 12.5 Å². The Kier molecular flexibility index (Phi) is 20.1. The molecule has 1 aliphatic carbocycles. The van der Waals surface area contributed by atoms with Gasteiger partial charge in [0.25, 0.3) is 0 Å². The molecule has 51 heavy (non-hydrogen) atoms. The molecule has 3 aromatic carbocycles. The highest BCUT2D eigenvalue weighted by Crippen LogP contribution is 2.44. The van der Waals surface area contributed by atoms with Crippen LogP contribution in [-0.2, 0) is 34.8 Å². The van der Waals surface area contributed by atoms with Gasteiger partial charge in [0.05, 0.1) is 66.1 Å². The average molecular weight is 706 g/mol. The Hall–Kier alpha value is -3.47. The van der Waals surface area contributed by atoms with E-state index in [0.29, 0.717) is 85.8 Å². The third-order valence-electron chi connectivity index (χ3n) is 8.84. The summed E-state index contributed by atoms with van der Waals surface area (Å²) in [5.74, 6) is 0.926. The van der Waals surface area contributed by atoms with Crippen molar-refractivity contribution in [3.8, 4) is 16.9 Å². The summed E-state index contributed by atoms with van der Waals surface area (Å²) in [5, 5.41) is 2.75. The second kappa shape index (κ2) is 25.5. The van der Waals surface area contributed by atoms with Gasteiger partial charge in [0.15, 0.2) is 0 Å². The van der Waals surface area contributed by atoms with Crippen LogP contribution in [0.4, 0.5) is 4.79 Å². The molecule has 0 saturated heterocycles. The van der Waals surface area contributed by atoms with Crippen molar-refractivity contribution in [2.45, 2.75) is 64.2 Å². The Balaban J connectivity index is 0.857. The van der Waals surface area contributed by atoms with Crippen LogP contribution in [0.25, 0.3) is 11.1 Å². The van der Waals surface area contributed by atoms with E-state index in [1.165, 1.54) is 72.8 Å². The first-order chi connectivity index (χ1) is 25.3. The molecule has 9 heteroatoms. The molecule has 3 aromatic rings. The molecule has 0 saturated carbocycles. The molecule has 0 radical (unpaired) electrons. The molecule has 0 spiro atoms. The fraction of sp³-hybridized carbons (Fsp3) is 0.548. The molecule has 0 unspecified atom stereocenters. The van der Waals surface area contributed by atoms with Gasteiger partial charge in [-0.3, -0.25) is 0 Å².